The third-order valence-corrected chi connectivity index (χ3v) is 4.76. The number of piperidine rings is 1. The highest BCUT2D eigenvalue weighted by Crippen LogP contribution is 2.32. The molecule has 1 atom stereocenters. The van der Waals surface area contributed by atoms with Gasteiger partial charge in [-0.1, -0.05) is 5.11 Å². The Morgan fingerprint density at radius 3 is 2.57 bits per heavy atom. The minimum absolute atomic E-state index is 0.0537. The smallest absolute Gasteiger partial charge is 0.414 e. The third kappa shape index (κ3) is 4.25. The lowest BCUT2D eigenvalue weighted by atomic mass is 10.0. The van der Waals surface area contributed by atoms with Crippen LogP contribution in [0.3, 0.4) is 0 Å². The first-order valence-corrected chi connectivity index (χ1v) is 8.89. The van der Waals surface area contributed by atoms with Crippen LogP contribution in [-0.4, -0.2) is 50.3 Å². The van der Waals surface area contributed by atoms with Crippen LogP contribution in [0.2, 0.25) is 0 Å². The molecular weight excluding hydrogens is 374 g/mol. The Morgan fingerprint density at radius 2 is 2.00 bits per heavy atom. The van der Waals surface area contributed by atoms with Gasteiger partial charge in [-0.25, -0.2) is 13.6 Å². The van der Waals surface area contributed by atoms with Gasteiger partial charge in [0, 0.05) is 43.1 Å². The van der Waals surface area contributed by atoms with E-state index in [-0.39, 0.29) is 36.4 Å². The van der Waals surface area contributed by atoms with E-state index >= 15 is 0 Å². The Labute approximate surface area is 159 Å². The molecule has 2 aliphatic rings. The van der Waals surface area contributed by atoms with Gasteiger partial charge in [0.05, 0.1) is 18.8 Å². The van der Waals surface area contributed by atoms with Gasteiger partial charge in [0.15, 0.2) is 11.6 Å². The average Bonchev–Trinajstić information content (AvgIpc) is 3.02. The molecular formula is C17H20F2N6O3. The largest absolute Gasteiger partial charge is 0.442 e. The van der Waals surface area contributed by atoms with Gasteiger partial charge in [-0.05, 0) is 18.4 Å². The molecule has 1 unspecified atom stereocenters. The van der Waals surface area contributed by atoms with Crippen molar-refractivity contribution in [3.05, 3.63) is 34.2 Å². The van der Waals surface area contributed by atoms with Crippen LogP contribution in [-0.2, 0) is 9.53 Å². The van der Waals surface area contributed by atoms with Crippen LogP contribution in [0, 0.1) is 11.6 Å². The van der Waals surface area contributed by atoms with E-state index in [2.05, 4.69) is 15.3 Å². The molecule has 0 aromatic heterocycles. The van der Waals surface area contributed by atoms with Crippen LogP contribution in [0.25, 0.3) is 10.4 Å². The zero-order valence-electron chi connectivity index (χ0n) is 15.3. The normalized spacial score (nSPS) is 20.0. The molecule has 1 aromatic rings. The summed E-state index contributed by atoms with van der Waals surface area (Å²) in [6.45, 7) is 2.27. The van der Waals surface area contributed by atoms with Gasteiger partial charge < -0.3 is 15.0 Å². The Bertz CT molecular complexity index is 798. The zero-order chi connectivity index (χ0) is 20.3. The van der Waals surface area contributed by atoms with Crippen molar-refractivity contribution < 1.29 is 23.1 Å². The first kappa shape index (κ1) is 19.7. The Kier molecular flexibility index (Phi) is 5.84. The summed E-state index contributed by atoms with van der Waals surface area (Å²) in [4.78, 5) is 28.5. The predicted octanol–water partition coefficient (Wildman–Crippen LogP) is 2.71. The number of azide groups is 1. The maximum Gasteiger partial charge on any atom is 0.414 e. The fraction of sp³-hybridized carbons (Fsp3) is 0.529. The van der Waals surface area contributed by atoms with Crippen molar-refractivity contribution in [2.75, 3.05) is 36.0 Å². The number of carbonyl (C=O) groups excluding carboxylic acids is 2. The molecule has 0 spiro atoms. The number of ether oxygens (including phenoxy) is 1. The molecule has 2 amide bonds. The second-order valence-electron chi connectivity index (χ2n) is 6.73. The lowest BCUT2D eigenvalue weighted by Crippen LogP contribution is -2.36. The summed E-state index contributed by atoms with van der Waals surface area (Å²) in [5.41, 5.74) is 8.38. The molecule has 9 nitrogen and oxygen atoms in total. The molecule has 11 heteroatoms. The number of nitrogens with zero attached hydrogens (tertiary/aromatic N) is 5. The summed E-state index contributed by atoms with van der Waals surface area (Å²) < 4.78 is 34.5. The van der Waals surface area contributed by atoms with Crippen LogP contribution in [0.15, 0.2) is 17.2 Å². The molecule has 2 fully saturated rings. The molecule has 3 rings (SSSR count). The van der Waals surface area contributed by atoms with Crippen LogP contribution in [0.5, 0.6) is 0 Å². The highest BCUT2D eigenvalue weighted by atomic mass is 19.1. The van der Waals surface area contributed by atoms with Gasteiger partial charge >= 0.3 is 6.09 Å². The van der Waals surface area contributed by atoms with Crippen molar-refractivity contribution in [3.63, 3.8) is 0 Å². The van der Waals surface area contributed by atoms with Gasteiger partial charge in [0.1, 0.15) is 11.8 Å². The first-order valence-electron chi connectivity index (χ1n) is 8.89. The lowest BCUT2D eigenvalue weighted by Gasteiger charge is -2.32. The topological polar surface area (TPSA) is 111 Å². The SMILES string of the molecule is CC(=O)NCC1CN(c2cc(F)c(N3CCC(N=[N+]=[N-])CC3)c(F)c2)C(=O)O1. The first-order chi connectivity index (χ1) is 13.4. The van der Waals surface area contributed by atoms with Crippen molar-refractivity contribution in [3.8, 4) is 0 Å². The quantitative estimate of drug-likeness (QED) is 0.470. The number of anilines is 2. The fourth-order valence-corrected chi connectivity index (χ4v) is 3.38. The van der Waals surface area contributed by atoms with Crippen LogP contribution in [0.4, 0.5) is 25.0 Å². The summed E-state index contributed by atoms with van der Waals surface area (Å²) in [6.07, 6.45) is -0.305. The Balaban J connectivity index is 1.73. The van der Waals surface area contributed by atoms with E-state index in [9.17, 15) is 18.4 Å². The number of amides is 2. The average molecular weight is 394 g/mol. The number of hydrogen-bond donors (Lipinski definition) is 1. The number of benzene rings is 1. The molecule has 0 aliphatic carbocycles. The monoisotopic (exact) mass is 394 g/mol. The summed E-state index contributed by atoms with van der Waals surface area (Å²) >= 11 is 0. The minimum atomic E-state index is -0.782. The van der Waals surface area contributed by atoms with Gasteiger partial charge in [-0.3, -0.25) is 9.69 Å². The van der Waals surface area contributed by atoms with Crippen molar-refractivity contribution in [2.45, 2.75) is 31.9 Å². The molecule has 2 aliphatic heterocycles. The summed E-state index contributed by atoms with van der Waals surface area (Å²) in [5, 5.41) is 6.19. The Hall–Kier alpha value is -3.07. The Morgan fingerprint density at radius 1 is 1.36 bits per heavy atom. The second-order valence-corrected chi connectivity index (χ2v) is 6.73. The third-order valence-electron chi connectivity index (χ3n) is 4.76. The van der Waals surface area contributed by atoms with Gasteiger partial charge in [-0.2, -0.15) is 0 Å². The van der Waals surface area contributed by atoms with Crippen molar-refractivity contribution in [2.24, 2.45) is 5.11 Å². The standard InChI is InChI=1S/C17H20F2N6O3/c1-10(26)21-8-13-9-25(17(27)28-13)12-6-14(18)16(15(19)7-12)24-4-2-11(3-5-24)22-23-20/h6-7,11,13H,2-5,8-9H2,1H3,(H,21,26). The molecule has 2 saturated heterocycles. The van der Waals surface area contributed by atoms with E-state index in [1.165, 1.54) is 6.92 Å². The van der Waals surface area contributed by atoms with Crippen LogP contribution in [0.1, 0.15) is 19.8 Å². The molecule has 0 radical (unpaired) electrons. The highest BCUT2D eigenvalue weighted by Gasteiger charge is 2.34. The van der Waals surface area contributed by atoms with Crippen LogP contribution >= 0.6 is 0 Å². The number of rotatable bonds is 5. The van der Waals surface area contributed by atoms with Crippen molar-refractivity contribution >= 4 is 23.4 Å². The number of hydrogen-bond acceptors (Lipinski definition) is 5. The molecule has 0 bridgehead atoms. The van der Waals surface area contributed by atoms with Crippen molar-refractivity contribution in [1.82, 2.24) is 5.32 Å². The molecule has 1 aromatic carbocycles. The number of carbonyl (C=O) groups is 2. The molecule has 150 valence electrons. The molecule has 28 heavy (non-hydrogen) atoms. The van der Waals surface area contributed by atoms with Gasteiger partial charge in [-0.15, -0.1) is 0 Å². The predicted molar refractivity (Wildman–Crippen MR) is 97.0 cm³/mol. The maximum atomic E-state index is 14.7. The summed E-state index contributed by atoms with van der Waals surface area (Å²) in [6, 6.07) is 2.02. The lowest BCUT2D eigenvalue weighted by molar-refractivity contribution is -0.119. The second kappa shape index (κ2) is 8.30. The van der Waals surface area contributed by atoms with E-state index in [0.29, 0.717) is 25.9 Å². The van der Waals surface area contributed by atoms with Crippen LogP contribution < -0.4 is 15.1 Å². The van der Waals surface area contributed by atoms with Gasteiger partial charge in [0.2, 0.25) is 5.91 Å². The van der Waals surface area contributed by atoms with E-state index in [1.54, 1.807) is 4.90 Å². The van der Waals surface area contributed by atoms with E-state index in [4.69, 9.17) is 10.3 Å². The number of nitrogens with one attached hydrogen (secondary N) is 1. The molecule has 2 heterocycles. The summed E-state index contributed by atoms with van der Waals surface area (Å²) in [7, 11) is 0. The zero-order valence-corrected chi connectivity index (χ0v) is 15.3. The number of halogens is 2. The highest BCUT2D eigenvalue weighted by molar-refractivity contribution is 5.90. The van der Waals surface area contributed by atoms with E-state index in [1.807, 2.05) is 0 Å². The van der Waals surface area contributed by atoms with Crippen molar-refractivity contribution in [1.29, 1.82) is 0 Å². The maximum absolute atomic E-state index is 14.7. The summed E-state index contributed by atoms with van der Waals surface area (Å²) in [5.74, 6) is -1.83. The van der Waals surface area contributed by atoms with Gasteiger partial charge in [0.25, 0.3) is 0 Å². The van der Waals surface area contributed by atoms with E-state index in [0.717, 1.165) is 17.0 Å². The minimum Gasteiger partial charge on any atom is -0.442 e. The van der Waals surface area contributed by atoms with E-state index < -0.39 is 23.8 Å². The molecule has 1 N–H and O–H groups in total. The fourth-order valence-electron chi connectivity index (χ4n) is 3.38. The number of cyclic esters (lactones) is 1. The molecule has 0 saturated carbocycles.